The lowest BCUT2D eigenvalue weighted by Crippen LogP contribution is -2.56. The molecule has 0 spiro atoms. The van der Waals surface area contributed by atoms with Crippen molar-refractivity contribution in [2.75, 3.05) is 6.54 Å². The van der Waals surface area contributed by atoms with E-state index in [1.807, 2.05) is 68.4 Å². The Labute approximate surface area is 306 Å². The molecule has 3 atom stereocenters. The topological polar surface area (TPSA) is 123 Å². The normalized spacial score (nSPS) is 16.0. The van der Waals surface area contributed by atoms with Crippen molar-refractivity contribution in [2.24, 2.45) is 5.92 Å². The Hall–Kier alpha value is -3.60. The highest BCUT2D eigenvalue weighted by atomic mass is 32.1. The first-order valence-corrected chi connectivity index (χ1v) is 19.6. The molecule has 13 heteroatoms. The van der Waals surface area contributed by atoms with E-state index >= 15 is 4.57 Å². The van der Waals surface area contributed by atoms with Crippen LogP contribution in [-0.4, -0.2) is 52.8 Å². The number of nitrogens with zero attached hydrogens (tertiary/aromatic N) is 1. The van der Waals surface area contributed by atoms with E-state index in [1.165, 1.54) is 4.90 Å². The number of rotatable bonds is 14. The number of alkyl carbamates (subject to hydrolysis) is 1. The third-order valence-corrected chi connectivity index (χ3v) is 10.8. The number of carbonyl (C=O) groups is 3. The number of likely N-dealkylation sites (tertiary alicyclic amines) is 1. The van der Waals surface area contributed by atoms with Gasteiger partial charge in [0, 0.05) is 24.5 Å². The molecule has 50 heavy (non-hydrogen) atoms. The molecule has 4 rings (SSSR count). The Kier molecular flexibility index (Phi) is 13.8. The molecule has 3 aromatic rings. The summed E-state index contributed by atoms with van der Waals surface area (Å²) in [4.78, 5) is 42.3. The second kappa shape index (κ2) is 17.6. The van der Waals surface area contributed by atoms with Gasteiger partial charge in [0.25, 0.3) is 0 Å². The summed E-state index contributed by atoms with van der Waals surface area (Å²) < 4.78 is 33.0. The SMILES string of the molecule is CC(C)[C@H](NC(=O)OC(C)(C)C)C(=O)N1CCC[C@H]1C(=O)N[C@H](Cc1ccccc1)P(=O)(Oc1ccc(CS)cc1)Oc1ccc(CS)cc1. The van der Waals surface area contributed by atoms with Crippen LogP contribution in [0.15, 0.2) is 78.9 Å². The first kappa shape index (κ1) is 39.2. The Morgan fingerprint density at radius 3 is 1.86 bits per heavy atom. The molecule has 0 saturated carbocycles. The summed E-state index contributed by atoms with van der Waals surface area (Å²) >= 11 is 8.66. The molecule has 0 aliphatic carbocycles. The Morgan fingerprint density at radius 1 is 0.840 bits per heavy atom. The van der Waals surface area contributed by atoms with Crippen LogP contribution in [-0.2, 0) is 36.8 Å². The summed E-state index contributed by atoms with van der Waals surface area (Å²) in [6.45, 7) is 9.18. The van der Waals surface area contributed by atoms with Crippen molar-refractivity contribution in [2.45, 2.75) is 88.9 Å². The number of ether oxygens (including phenoxy) is 1. The van der Waals surface area contributed by atoms with Gasteiger partial charge in [-0.25, -0.2) is 9.36 Å². The number of carbonyl (C=O) groups excluding carboxylic acids is 3. The van der Waals surface area contributed by atoms with Crippen molar-refractivity contribution in [3.05, 3.63) is 95.6 Å². The van der Waals surface area contributed by atoms with Crippen molar-refractivity contribution in [3.8, 4) is 11.5 Å². The molecule has 270 valence electrons. The van der Waals surface area contributed by atoms with Gasteiger partial charge in [-0.15, -0.1) is 0 Å². The van der Waals surface area contributed by atoms with Crippen LogP contribution >= 0.6 is 32.9 Å². The van der Waals surface area contributed by atoms with Crippen LogP contribution in [0.3, 0.4) is 0 Å². The molecule has 3 aromatic carbocycles. The number of nitrogens with one attached hydrogen (secondary N) is 2. The summed E-state index contributed by atoms with van der Waals surface area (Å²) in [5.41, 5.74) is 1.93. The number of thiol groups is 2. The van der Waals surface area contributed by atoms with E-state index in [-0.39, 0.29) is 12.3 Å². The average molecular weight is 742 g/mol. The third kappa shape index (κ3) is 10.9. The second-order valence-electron chi connectivity index (χ2n) is 13.6. The third-order valence-electron chi connectivity index (χ3n) is 8.08. The van der Waals surface area contributed by atoms with Crippen LogP contribution in [0.25, 0.3) is 0 Å². The van der Waals surface area contributed by atoms with Crippen molar-refractivity contribution in [3.63, 3.8) is 0 Å². The van der Waals surface area contributed by atoms with Gasteiger partial charge in [-0.1, -0.05) is 68.4 Å². The quantitative estimate of drug-likeness (QED) is 0.100. The minimum Gasteiger partial charge on any atom is -0.444 e. The standard InChI is InChI=1S/C37H48N3O7PS2/c1-25(2)33(39-36(43)45-37(3,4)5)35(42)40-21-9-12-31(40)34(41)38-32(22-26-10-7-6-8-11-26)48(44,46-29-17-13-27(23-49)14-18-29)47-30-19-15-28(24-50)16-20-30/h6-8,10-11,13-20,25,31-33,49-50H,9,12,21-24H2,1-5H3,(H,38,41)(H,39,43)/t31-,32-,33-/m0/s1. The van der Waals surface area contributed by atoms with E-state index in [4.69, 9.17) is 13.8 Å². The maximum atomic E-state index is 15.1. The van der Waals surface area contributed by atoms with Crippen molar-refractivity contribution < 1.29 is 32.7 Å². The highest BCUT2D eigenvalue weighted by Gasteiger charge is 2.45. The molecule has 2 N–H and O–H groups in total. The number of hydrogen-bond donors (Lipinski definition) is 4. The monoisotopic (exact) mass is 741 g/mol. The molecule has 0 aromatic heterocycles. The van der Waals surface area contributed by atoms with Crippen LogP contribution < -0.4 is 19.7 Å². The zero-order valence-electron chi connectivity index (χ0n) is 29.2. The average Bonchev–Trinajstić information content (AvgIpc) is 3.57. The van der Waals surface area contributed by atoms with E-state index in [9.17, 15) is 14.4 Å². The number of hydrogen-bond acceptors (Lipinski definition) is 9. The lowest BCUT2D eigenvalue weighted by atomic mass is 10.0. The molecule has 1 aliphatic heterocycles. The molecule has 0 radical (unpaired) electrons. The van der Waals surface area contributed by atoms with Crippen molar-refractivity contribution in [1.29, 1.82) is 0 Å². The zero-order valence-corrected chi connectivity index (χ0v) is 31.9. The van der Waals surface area contributed by atoms with Gasteiger partial charge >= 0.3 is 13.7 Å². The minimum atomic E-state index is -4.24. The molecule has 1 fully saturated rings. The van der Waals surface area contributed by atoms with Crippen LogP contribution in [0.4, 0.5) is 4.79 Å². The van der Waals surface area contributed by atoms with Gasteiger partial charge in [0.15, 0.2) is 5.78 Å². The fourth-order valence-corrected chi connectivity index (χ4v) is 7.78. The van der Waals surface area contributed by atoms with Crippen LogP contribution in [0, 0.1) is 5.92 Å². The molecular formula is C37H48N3O7PS2. The van der Waals surface area contributed by atoms with Gasteiger partial charge in [-0.05, 0) is 80.5 Å². The number of benzene rings is 3. The maximum Gasteiger partial charge on any atom is 0.453 e. The Morgan fingerprint density at radius 2 is 1.38 bits per heavy atom. The Balaban J connectivity index is 1.66. The Bertz CT molecular complexity index is 1580. The van der Waals surface area contributed by atoms with Gasteiger partial charge in [0.05, 0.1) is 0 Å². The van der Waals surface area contributed by atoms with Crippen LogP contribution in [0.1, 0.15) is 64.2 Å². The summed E-state index contributed by atoms with van der Waals surface area (Å²) in [6.07, 6.45) is 0.356. The van der Waals surface area contributed by atoms with Crippen molar-refractivity contribution >= 4 is 50.8 Å². The first-order valence-electron chi connectivity index (χ1n) is 16.7. The largest absolute Gasteiger partial charge is 0.453 e. The molecule has 1 aliphatic rings. The van der Waals surface area contributed by atoms with E-state index in [0.717, 1.165) is 16.7 Å². The van der Waals surface area contributed by atoms with E-state index < -0.39 is 49.0 Å². The summed E-state index contributed by atoms with van der Waals surface area (Å²) in [7, 11) is -4.24. The van der Waals surface area contributed by atoms with Gasteiger partial charge in [0.1, 0.15) is 29.2 Å². The molecule has 0 unspecified atom stereocenters. The maximum absolute atomic E-state index is 15.1. The molecule has 1 saturated heterocycles. The molecule has 0 bridgehead atoms. The van der Waals surface area contributed by atoms with Crippen LogP contribution in [0.5, 0.6) is 11.5 Å². The number of amides is 3. The van der Waals surface area contributed by atoms with E-state index in [0.29, 0.717) is 42.4 Å². The fraction of sp³-hybridized carbons (Fsp3) is 0.432. The van der Waals surface area contributed by atoms with Gasteiger partial charge in [0.2, 0.25) is 11.8 Å². The first-order chi connectivity index (χ1) is 23.7. The fourth-order valence-electron chi connectivity index (χ4n) is 5.52. The second-order valence-corrected chi connectivity index (χ2v) is 16.3. The lowest BCUT2D eigenvalue weighted by Gasteiger charge is -2.33. The lowest BCUT2D eigenvalue weighted by molar-refractivity contribution is -0.141. The zero-order chi connectivity index (χ0) is 36.5. The minimum absolute atomic E-state index is 0.114. The molecular weight excluding hydrogens is 694 g/mol. The van der Waals surface area contributed by atoms with Crippen LogP contribution in [0.2, 0.25) is 0 Å². The highest BCUT2D eigenvalue weighted by molar-refractivity contribution is 7.79. The predicted molar refractivity (Wildman–Crippen MR) is 202 cm³/mol. The van der Waals surface area contributed by atoms with Gasteiger partial charge < -0.3 is 29.3 Å². The summed E-state index contributed by atoms with van der Waals surface area (Å²) in [5.74, 6) is -0.708. The van der Waals surface area contributed by atoms with Gasteiger partial charge in [-0.2, -0.15) is 25.3 Å². The molecule has 1 heterocycles. The molecule has 3 amide bonds. The van der Waals surface area contributed by atoms with E-state index in [1.54, 1.807) is 45.0 Å². The van der Waals surface area contributed by atoms with E-state index in [2.05, 4.69) is 35.9 Å². The van der Waals surface area contributed by atoms with Gasteiger partial charge in [-0.3, -0.25) is 9.59 Å². The highest BCUT2D eigenvalue weighted by Crippen LogP contribution is 2.53. The molecule has 10 nitrogen and oxygen atoms in total. The summed E-state index contributed by atoms with van der Waals surface area (Å²) in [5, 5.41) is 5.68. The smallest absolute Gasteiger partial charge is 0.444 e. The predicted octanol–water partition coefficient (Wildman–Crippen LogP) is 7.42. The van der Waals surface area contributed by atoms with Crippen molar-refractivity contribution in [1.82, 2.24) is 15.5 Å². The summed E-state index contributed by atoms with van der Waals surface area (Å²) in [6, 6.07) is 21.5.